The number of carbonyl (C=O) groups is 1. The summed E-state index contributed by atoms with van der Waals surface area (Å²) in [4.78, 5) is 16.8. The number of allylic oxidation sites excluding steroid dienone is 1. The van der Waals surface area contributed by atoms with Gasteiger partial charge in [0.1, 0.15) is 5.75 Å². The minimum Gasteiger partial charge on any atom is -0.497 e. The second-order valence-corrected chi connectivity index (χ2v) is 5.12. The standard InChI is InChI=1S/C18H17NO3/c1-21-15-7-8-16-12(11-15)5-6-13(17(16)20)10-14-4-3-9-19-18(14)22-2/h3-4,7-11H,5-6H2,1-2H3/b13-10+. The third-order valence-electron chi connectivity index (χ3n) is 3.84. The van der Waals surface area contributed by atoms with Crippen LogP contribution < -0.4 is 9.47 Å². The molecule has 0 unspecified atom stereocenters. The highest BCUT2D eigenvalue weighted by Gasteiger charge is 2.22. The van der Waals surface area contributed by atoms with E-state index >= 15 is 0 Å². The van der Waals surface area contributed by atoms with Crippen LogP contribution >= 0.6 is 0 Å². The van der Waals surface area contributed by atoms with Crippen molar-refractivity contribution < 1.29 is 14.3 Å². The summed E-state index contributed by atoms with van der Waals surface area (Å²) in [7, 11) is 3.21. The molecule has 1 aliphatic rings. The number of rotatable bonds is 3. The van der Waals surface area contributed by atoms with E-state index in [0.717, 1.165) is 34.4 Å². The van der Waals surface area contributed by atoms with E-state index in [1.807, 2.05) is 36.4 Å². The van der Waals surface area contributed by atoms with Crippen molar-refractivity contribution >= 4 is 11.9 Å². The third kappa shape index (κ3) is 2.60. The van der Waals surface area contributed by atoms with Gasteiger partial charge in [-0.2, -0.15) is 0 Å². The predicted octanol–water partition coefficient (Wildman–Crippen LogP) is 3.31. The summed E-state index contributed by atoms with van der Waals surface area (Å²) in [6.45, 7) is 0. The van der Waals surface area contributed by atoms with E-state index in [0.29, 0.717) is 12.3 Å². The van der Waals surface area contributed by atoms with Crippen molar-refractivity contribution in [1.82, 2.24) is 4.98 Å². The molecule has 0 aliphatic heterocycles. The van der Waals surface area contributed by atoms with Gasteiger partial charge in [-0.15, -0.1) is 0 Å². The van der Waals surface area contributed by atoms with Gasteiger partial charge in [-0.3, -0.25) is 4.79 Å². The Morgan fingerprint density at radius 3 is 2.77 bits per heavy atom. The molecule has 1 aromatic heterocycles. The van der Waals surface area contributed by atoms with Crippen LogP contribution in [0.5, 0.6) is 11.6 Å². The molecular formula is C18H17NO3. The van der Waals surface area contributed by atoms with Crippen LogP contribution in [0.3, 0.4) is 0 Å². The van der Waals surface area contributed by atoms with Gasteiger partial charge in [-0.1, -0.05) is 0 Å². The zero-order valence-electron chi connectivity index (χ0n) is 12.6. The van der Waals surface area contributed by atoms with Crippen LogP contribution in [0.25, 0.3) is 6.08 Å². The quantitative estimate of drug-likeness (QED) is 0.815. The van der Waals surface area contributed by atoms with Crippen molar-refractivity contribution in [3.63, 3.8) is 0 Å². The number of fused-ring (bicyclic) bond motifs is 1. The average molecular weight is 295 g/mol. The maximum atomic E-state index is 12.7. The first-order chi connectivity index (χ1) is 10.7. The fraction of sp³-hybridized carbons (Fsp3) is 0.222. The number of pyridine rings is 1. The number of carbonyl (C=O) groups excluding carboxylic acids is 1. The van der Waals surface area contributed by atoms with Crippen molar-refractivity contribution in [3.8, 4) is 11.6 Å². The zero-order valence-corrected chi connectivity index (χ0v) is 12.6. The molecule has 0 saturated carbocycles. The molecule has 0 atom stereocenters. The molecule has 3 rings (SSSR count). The lowest BCUT2D eigenvalue weighted by molar-refractivity contribution is 0.102. The maximum absolute atomic E-state index is 12.7. The SMILES string of the molecule is COc1ccc2c(c1)CC/C(=C\c1cccnc1OC)C2=O. The first-order valence-corrected chi connectivity index (χ1v) is 7.14. The van der Waals surface area contributed by atoms with Crippen molar-refractivity contribution in [2.45, 2.75) is 12.8 Å². The molecule has 1 aromatic carbocycles. The summed E-state index contributed by atoms with van der Waals surface area (Å²) < 4.78 is 10.5. The Hall–Kier alpha value is -2.62. The van der Waals surface area contributed by atoms with Gasteiger partial charge in [0.2, 0.25) is 5.88 Å². The van der Waals surface area contributed by atoms with Crippen molar-refractivity contribution in [2.24, 2.45) is 0 Å². The Kier molecular flexibility index (Phi) is 3.92. The molecule has 2 aromatic rings. The van der Waals surface area contributed by atoms with Crippen LogP contribution in [-0.2, 0) is 6.42 Å². The van der Waals surface area contributed by atoms with E-state index in [1.54, 1.807) is 20.4 Å². The molecule has 0 amide bonds. The Balaban J connectivity index is 1.97. The number of Topliss-reactive ketones (excluding diaryl/α,β-unsaturated/α-hetero) is 1. The number of aromatic nitrogens is 1. The first kappa shape index (κ1) is 14.3. The molecule has 0 radical (unpaired) electrons. The largest absolute Gasteiger partial charge is 0.497 e. The summed E-state index contributed by atoms with van der Waals surface area (Å²) in [5, 5.41) is 0. The molecule has 0 fully saturated rings. The number of ether oxygens (including phenoxy) is 2. The van der Waals surface area contributed by atoms with E-state index in [4.69, 9.17) is 9.47 Å². The number of methoxy groups -OCH3 is 2. The molecule has 0 spiro atoms. The van der Waals surface area contributed by atoms with E-state index in [1.165, 1.54) is 0 Å². The van der Waals surface area contributed by atoms with Gasteiger partial charge in [0.05, 0.1) is 14.2 Å². The Labute approximate surface area is 129 Å². The molecule has 1 heterocycles. The Morgan fingerprint density at radius 2 is 2.00 bits per heavy atom. The predicted molar refractivity (Wildman–Crippen MR) is 84.4 cm³/mol. The van der Waals surface area contributed by atoms with Crippen LogP contribution in [0.1, 0.15) is 27.9 Å². The smallest absolute Gasteiger partial charge is 0.220 e. The van der Waals surface area contributed by atoms with Gasteiger partial charge in [0, 0.05) is 22.9 Å². The van der Waals surface area contributed by atoms with Crippen molar-refractivity contribution in [2.75, 3.05) is 14.2 Å². The minimum atomic E-state index is 0.0646. The minimum absolute atomic E-state index is 0.0646. The highest BCUT2D eigenvalue weighted by molar-refractivity contribution is 6.13. The summed E-state index contributed by atoms with van der Waals surface area (Å²) in [6, 6.07) is 9.33. The maximum Gasteiger partial charge on any atom is 0.220 e. The Morgan fingerprint density at radius 1 is 1.14 bits per heavy atom. The van der Waals surface area contributed by atoms with E-state index < -0.39 is 0 Å². The van der Waals surface area contributed by atoms with Gasteiger partial charge in [0.15, 0.2) is 5.78 Å². The summed E-state index contributed by atoms with van der Waals surface area (Å²) in [5.74, 6) is 1.38. The zero-order chi connectivity index (χ0) is 15.5. The third-order valence-corrected chi connectivity index (χ3v) is 3.84. The highest BCUT2D eigenvalue weighted by Crippen LogP contribution is 2.30. The lowest BCUT2D eigenvalue weighted by Crippen LogP contribution is -2.14. The van der Waals surface area contributed by atoms with E-state index in [2.05, 4.69) is 4.98 Å². The molecule has 1 aliphatic carbocycles. The van der Waals surface area contributed by atoms with E-state index in [9.17, 15) is 4.79 Å². The van der Waals surface area contributed by atoms with Crippen LogP contribution in [-0.4, -0.2) is 25.0 Å². The molecule has 0 saturated heterocycles. The second kappa shape index (κ2) is 6.02. The molecule has 4 nitrogen and oxygen atoms in total. The van der Waals surface area contributed by atoms with Gasteiger partial charge in [-0.05, 0) is 54.8 Å². The summed E-state index contributed by atoms with van der Waals surface area (Å²) >= 11 is 0. The van der Waals surface area contributed by atoms with Crippen molar-refractivity contribution in [3.05, 3.63) is 58.8 Å². The summed E-state index contributed by atoms with van der Waals surface area (Å²) in [5.41, 5.74) is 3.40. The highest BCUT2D eigenvalue weighted by atomic mass is 16.5. The van der Waals surface area contributed by atoms with Gasteiger partial charge >= 0.3 is 0 Å². The van der Waals surface area contributed by atoms with Crippen molar-refractivity contribution in [1.29, 1.82) is 0 Å². The van der Waals surface area contributed by atoms with E-state index in [-0.39, 0.29) is 5.78 Å². The lowest BCUT2D eigenvalue weighted by Gasteiger charge is -2.18. The van der Waals surface area contributed by atoms with Gasteiger partial charge < -0.3 is 9.47 Å². The van der Waals surface area contributed by atoms with Crippen LogP contribution in [0.4, 0.5) is 0 Å². The number of benzene rings is 1. The molecule has 4 heteroatoms. The summed E-state index contributed by atoms with van der Waals surface area (Å²) in [6.07, 6.45) is 5.08. The number of hydrogen-bond donors (Lipinski definition) is 0. The number of nitrogens with zero attached hydrogens (tertiary/aromatic N) is 1. The van der Waals surface area contributed by atoms with Gasteiger partial charge in [0.25, 0.3) is 0 Å². The Bertz CT molecular complexity index is 750. The molecule has 0 bridgehead atoms. The molecule has 22 heavy (non-hydrogen) atoms. The monoisotopic (exact) mass is 295 g/mol. The van der Waals surface area contributed by atoms with Gasteiger partial charge in [-0.25, -0.2) is 4.98 Å². The van der Waals surface area contributed by atoms with Crippen LogP contribution in [0.2, 0.25) is 0 Å². The van der Waals surface area contributed by atoms with Crippen LogP contribution in [0.15, 0.2) is 42.1 Å². The number of hydrogen-bond acceptors (Lipinski definition) is 4. The number of ketones is 1. The molecule has 112 valence electrons. The van der Waals surface area contributed by atoms with Crippen LogP contribution in [0, 0.1) is 0 Å². The second-order valence-electron chi connectivity index (χ2n) is 5.12. The normalized spacial score (nSPS) is 15.5. The first-order valence-electron chi connectivity index (χ1n) is 7.14. The topological polar surface area (TPSA) is 48.4 Å². The fourth-order valence-corrected chi connectivity index (χ4v) is 2.69. The molecule has 0 N–H and O–H groups in total. The lowest BCUT2D eigenvalue weighted by atomic mass is 9.86. The average Bonchev–Trinajstić information content (AvgIpc) is 2.57. The fourth-order valence-electron chi connectivity index (χ4n) is 2.69. The molecular weight excluding hydrogens is 278 g/mol. The number of aryl methyl sites for hydroxylation is 1.